The number of amides is 2. The van der Waals surface area contributed by atoms with Crippen LogP contribution in [0.3, 0.4) is 0 Å². The van der Waals surface area contributed by atoms with Gasteiger partial charge in [0.25, 0.3) is 0 Å². The zero-order valence-corrected chi connectivity index (χ0v) is 10.2. The Labute approximate surface area is 106 Å². The number of hydrogen-bond donors (Lipinski definition) is 2. The predicted octanol–water partition coefficient (Wildman–Crippen LogP) is 2.53. The Morgan fingerprint density at radius 3 is 2.94 bits per heavy atom. The number of halogens is 1. The van der Waals surface area contributed by atoms with Crippen LogP contribution in [0.4, 0.5) is 9.18 Å². The fourth-order valence-corrected chi connectivity index (χ4v) is 3.36. The van der Waals surface area contributed by atoms with Crippen molar-refractivity contribution >= 4 is 6.03 Å². The SMILES string of the molecule is O=C1NCC2(CCCCC2c2cccc(F)c2)N1. The summed E-state index contributed by atoms with van der Waals surface area (Å²) in [5.74, 6) is 0.00593. The van der Waals surface area contributed by atoms with E-state index in [4.69, 9.17) is 0 Å². The van der Waals surface area contributed by atoms with E-state index in [2.05, 4.69) is 10.6 Å². The quantitative estimate of drug-likeness (QED) is 0.788. The van der Waals surface area contributed by atoms with Crippen LogP contribution >= 0.6 is 0 Å². The highest BCUT2D eigenvalue weighted by molar-refractivity contribution is 5.78. The second kappa shape index (κ2) is 4.26. The van der Waals surface area contributed by atoms with Crippen LogP contribution in [0.25, 0.3) is 0 Å². The van der Waals surface area contributed by atoms with E-state index >= 15 is 0 Å². The maximum absolute atomic E-state index is 13.4. The fraction of sp³-hybridized carbons (Fsp3) is 0.500. The summed E-state index contributed by atoms with van der Waals surface area (Å²) in [7, 11) is 0. The minimum Gasteiger partial charge on any atom is -0.336 e. The van der Waals surface area contributed by atoms with Crippen LogP contribution in [0.15, 0.2) is 24.3 Å². The molecule has 1 aromatic rings. The Hall–Kier alpha value is -1.58. The summed E-state index contributed by atoms with van der Waals surface area (Å²) in [6.45, 7) is 0.646. The summed E-state index contributed by atoms with van der Waals surface area (Å²) in [5.41, 5.74) is 0.780. The summed E-state index contributed by atoms with van der Waals surface area (Å²) in [6, 6.07) is 6.67. The van der Waals surface area contributed by atoms with Gasteiger partial charge in [-0.3, -0.25) is 0 Å². The van der Waals surface area contributed by atoms with Crippen molar-refractivity contribution in [1.29, 1.82) is 0 Å². The summed E-state index contributed by atoms with van der Waals surface area (Å²) in [6.07, 6.45) is 4.23. The highest BCUT2D eigenvalue weighted by Gasteiger charge is 2.46. The van der Waals surface area contributed by atoms with Crippen molar-refractivity contribution in [2.24, 2.45) is 0 Å². The van der Waals surface area contributed by atoms with Crippen molar-refractivity contribution in [2.45, 2.75) is 37.1 Å². The van der Waals surface area contributed by atoms with E-state index < -0.39 is 0 Å². The van der Waals surface area contributed by atoms with Crippen molar-refractivity contribution in [3.8, 4) is 0 Å². The van der Waals surface area contributed by atoms with Gasteiger partial charge in [-0.15, -0.1) is 0 Å². The van der Waals surface area contributed by atoms with Crippen molar-refractivity contribution in [2.75, 3.05) is 6.54 Å². The average Bonchev–Trinajstić information content (AvgIpc) is 2.72. The number of urea groups is 1. The highest BCUT2D eigenvalue weighted by Crippen LogP contribution is 2.42. The second-order valence-electron chi connectivity index (χ2n) is 5.32. The maximum atomic E-state index is 13.4. The van der Waals surface area contributed by atoms with Gasteiger partial charge < -0.3 is 10.6 Å². The Kier molecular flexibility index (Phi) is 2.73. The van der Waals surface area contributed by atoms with Gasteiger partial charge in [-0.2, -0.15) is 0 Å². The van der Waals surface area contributed by atoms with Gasteiger partial charge >= 0.3 is 6.03 Å². The van der Waals surface area contributed by atoms with Crippen LogP contribution in [-0.2, 0) is 0 Å². The maximum Gasteiger partial charge on any atom is 0.315 e. The third kappa shape index (κ3) is 1.85. The van der Waals surface area contributed by atoms with Crippen LogP contribution in [0.2, 0.25) is 0 Å². The monoisotopic (exact) mass is 248 g/mol. The Morgan fingerprint density at radius 1 is 1.33 bits per heavy atom. The summed E-state index contributed by atoms with van der Waals surface area (Å²) < 4.78 is 13.4. The lowest BCUT2D eigenvalue weighted by molar-refractivity contribution is 0.221. The van der Waals surface area contributed by atoms with Gasteiger partial charge in [-0.05, 0) is 30.5 Å². The number of carbonyl (C=O) groups is 1. The zero-order valence-electron chi connectivity index (χ0n) is 10.2. The van der Waals surface area contributed by atoms with Gasteiger partial charge in [-0.1, -0.05) is 25.0 Å². The van der Waals surface area contributed by atoms with Crippen molar-refractivity contribution in [3.05, 3.63) is 35.6 Å². The van der Waals surface area contributed by atoms with Crippen molar-refractivity contribution in [1.82, 2.24) is 10.6 Å². The van der Waals surface area contributed by atoms with E-state index in [1.54, 1.807) is 12.1 Å². The summed E-state index contributed by atoms with van der Waals surface area (Å²) in [4.78, 5) is 11.5. The normalized spacial score (nSPS) is 31.2. The molecule has 18 heavy (non-hydrogen) atoms. The Bertz CT molecular complexity index is 477. The first-order valence-electron chi connectivity index (χ1n) is 6.51. The molecule has 3 nitrogen and oxygen atoms in total. The molecule has 0 radical (unpaired) electrons. The lowest BCUT2D eigenvalue weighted by Gasteiger charge is -2.40. The largest absolute Gasteiger partial charge is 0.336 e. The summed E-state index contributed by atoms with van der Waals surface area (Å²) >= 11 is 0. The van der Waals surface area contributed by atoms with Crippen LogP contribution in [0.1, 0.15) is 37.2 Å². The van der Waals surface area contributed by atoms with E-state index in [0.717, 1.165) is 31.2 Å². The standard InChI is InChI=1S/C14H17FN2O/c15-11-5-3-4-10(8-11)12-6-1-2-7-14(12)9-16-13(18)17-14/h3-5,8,12H,1-2,6-7,9H2,(H2,16,17,18). The molecule has 2 N–H and O–H groups in total. The molecule has 1 aliphatic heterocycles. The molecule has 4 heteroatoms. The molecule has 2 unspecified atom stereocenters. The van der Waals surface area contributed by atoms with Gasteiger partial charge in [0, 0.05) is 12.5 Å². The van der Waals surface area contributed by atoms with Crippen molar-refractivity contribution < 1.29 is 9.18 Å². The number of hydrogen-bond acceptors (Lipinski definition) is 1. The molecular formula is C14H17FN2O. The highest BCUT2D eigenvalue weighted by atomic mass is 19.1. The first-order valence-corrected chi connectivity index (χ1v) is 6.51. The minimum absolute atomic E-state index is 0.0988. The van der Waals surface area contributed by atoms with E-state index in [-0.39, 0.29) is 23.3 Å². The number of rotatable bonds is 1. The summed E-state index contributed by atoms with van der Waals surface area (Å²) in [5, 5.41) is 5.92. The van der Waals surface area contributed by atoms with Gasteiger partial charge in [0.05, 0.1) is 5.54 Å². The van der Waals surface area contributed by atoms with E-state index in [1.807, 2.05) is 6.07 Å². The molecule has 1 saturated carbocycles. The van der Waals surface area contributed by atoms with E-state index in [1.165, 1.54) is 6.07 Å². The number of carbonyl (C=O) groups excluding carboxylic acids is 1. The first kappa shape index (κ1) is 11.5. The molecule has 2 fully saturated rings. The third-order valence-electron chi connectivity index (χ3n) is 4.21. The molecule has 2 atom stereocenters. The minimum atomic E-state index is -0.219. The fourth-order valence-electron chi connectivity index (χ4n) is 3.36. The topological polar surface area (TPSA) is 41.1 Å². The predicted molar refractivity (Wildman–Crippen MR) is 66.9 cm³/mol. The number of benzene rings is 1. The molecule has 0 aromatic heterocycles. The van der Waals surface area contributed by atoms with Crippen LogP contribution in [-0.4, -0.2) is 18.1 Å². The van der Waals surface area contributed by atoms with Crippen molar-refractivity contribution in [3.63, 3.8) is 0 Å². The molecule has 2 aliphatic rings. The molecule has 3 rings (SSSR count). The van der Waals surface area contributed by atoms with Gasteiger partial charge in [0.1, 0.15) is 5.82 Å². The Balaban J connectivity index is 1.95. The van der Waals surface area contributed by atoms with Gasteiger partial charge in [-0.25, -0.2) is 9.18 Å². The van der Waals surface area contributed by atoms with E-state index in [9.17, 15) is 9.18 Å². The zero-order chi connectivity index (χ0) is 12.6. The smallest absolute Gasteiger partial charge is 0.315 e. The van der Waals surface area contributed by atoms with Gasteiger partial charge in [0.2, 0.25) is 0 Å². The molecule has 1 heterocycles. The molecule has 1 aromatic carbocycles. The first-order chi connectivity index (χ1) is 8.70. The number of nitrogens with one attached hydrogen (secondary N) is 2. The molecule has 1 saturated heterocycles. The van der Waals surface area contributed by atoms with Crippen LogP contribution in [0.5, 0.6) is 0 Å². The van der Waals surface area contributed by atoms with E-state index in [0.29, 0.717) is 6.54 Å². The lowest BCUT2D eigenvalue weighted by atomic mass is 9.70. The molecule has 96 valence electrons. The molecule has 1 aliphatic carbocycles. The van der Waals surface area contributed by atoms with Crippen LogP contribution in [0, 0.1) is 5.82 Å². The molecule has 0 bridgehead atoms. The van der Waals surface area contributed by atoms with Gasteiger partial charge in [0.15, 0.2) is 0 Å². The third-order valence-corrected chi connectivity index (χ3v) is 4.21. The molecule has 1 spiro atoms. The van der Waals surface area contributed by atoms with Crippen LogP contribution < -0.4 is 10.6 Å². The Morgan fingerprint density at radius 2 is 2.22 bits per heavy atom. The second-order valence-corrected chi connectivity index (χ2v) is 5.32. The molecule has 2 amide bonds. The molecular weight excluding hydrogens is 231 g/mol. The average molecular weight is 248 g/mol. The lowest BCUT2D eigenvalue weighted by Crippen LogP contribution is -2.50.